The van der Waals surface area contributed by atoms with Crippen LogP contribution < -0.4 is 5.84 Å². The lowest BCUT2D eigenvalue weighted by atomic mass is 10.5. The summed E-state index contributed by atoms with van der Waals surface area (Å²) in [4.78, 5) is 8.25. The molecule has 6 nitrogen and oxygen atoms in total. The Balaban J connectivity index is 0. The molecular weight excluding hydrogens is 162 g/mol. The van der Waals surface area contributed by atoms with Gasteiger partial charge in [0.15, 0.2) is 0 Å². The number of nitrogens with two attached hydrogens (primary N) is 1. The van der Waals surface area contributed by atoms with E-state index in [1.807, 2.05) is 0 Å². The molecule has 6 heteroatoms. The summed E-state index contributed by atoms with van der Waals surface area (Å²) in [5.41, 5.74) is 0. The van der Waals surface area contributed by atoms with Crippen LogP contribution in [0, 0.1) is 15.3 Å². The van der Waals surface area contributed by atoms with E-state index in [9.17, 15) is 0 Å². The molecule has 0 aromatic heterocycles. The Morgan fingerprint density at radius 3 is 1.33 bits per heavy atom. The van der Waals surface area contributed by atoms with E-state index >= 15 is 0 Å². The minimum Gasteiger partial charge on any atom is -0.356 e. The summed E-state index contributed by atoms with van der Waals surface area (Å²) < 4.78 is 0.708. The molecule has 0 saturated carbocycles. The molecule has 0 unspecified atom stereocenters. The summed E-state index contributed by atoms with van der Waals surface area (Å²) in [5, 5.41) is 14.8. The average molecular weight is 179 g/mol. The number of quaternary nitrogens is 1. The van der Waals surface area contributed by atoms with E-state index in [0.717, 1.165) is 19.6 Å². The number of nitrogens with zero attached hydrogens (tertiary/aromatic N) is 2. The van der Waals surface area contributed by atoms with E-state index < -0.39 is 5.09 Å². The molecule has 2 N–H and O–H groups in total. The molecule has 0 aromatic rings. The molecule has 0 spiro atoms. The van der Waals surface area contributed by atoms with Gasteiger partial charge in [-0.05, 0) is 20.8 Å². The molecule has 12 heavy (non-hydrogen) atoms. The van der Waals surface area contributed by atoms with E-state index in [0.29, 0.717) is 4.59 Å². The first-order valence-corrected chi connectivity index (χ1v) is 3.88. The fourth-order valence-electron chi connectivity index (χ4n) is 0.671. The first kappa shape index (κ1) is 13.7. The smallest absolute Gasteiger partial charge is 0.0931 e. The third-order valence-electron chi connectivity index (χ3n) is 1.89. The zero-order chi connectivity index (χ0) is 10.2. The largest absolute Gasteiger partial charge is 0.356 e. The standard InChI is InChI=1S/C6H17N2.NO3/c1-4-8(7,5-2)6-3;2-1(3)4/h4-7H2,1-3H3;/q+1;-1. The number of hydrogen-bond donors (Lipinski definition) is 1. The van der Waals surface area contributed by atoms with Crippen molar-refractivity contribution in [3.05, 3.63) is 15.3 Å². The lowest BCUT2D eigenvalue weighted by Crippen LogP contribution is -2.53. The van der Waals surface area contributed by atoms with Gasteiger partial charge in [-0.1, -0.05) is 0 Å². The van der Waals surface area contributed by atoms with Crippen LogP contribution >= 0.6 is 0 Å². The lowest BCUT2D eigenvalue weighted by molar-refractivity contribution is -0.935. The molecule has 0 heterocycles. The van der Waals surface area contributed by atoms with Crippen molar-refractivity contribution in [3.8, 4) is 0 Å². The Morgan fingerprint density at radius 2 is 1.33 bits per heavy atom. The van der Waals surface area contributed by atoms with Gasteiger partial charge in [0.2, 0.25) is 0 Å². The molecule has 0 radical (unpaired) electrons. The molecule has 0 aromatic carbocycles. The van der Waals surface area contributed by atoms with Crippen LogP contribution in [0.3, 0.4) is 0 Å². The predicted molar refractivity (Wildman–Crippen MR) is 46.4 cm³/mol. The fraction of sp³-hybridized carbons (Fsp3) is 1.00. The second kappa shape index (κ2) is 6.81. The quantitative estimate of drug-likeness (QED) is 0.295. The van der Waals surface area contributed by atoms with Gasteiger partial charge in [-0.15, -0.1) is 0 Å². The second-order valence-corrected chi connectivity index (χ2v) is 2.39. The Kier molecular flexibility index (Phi) is 7.77. The third-order valence-corrected chi connectivity index (χ3v) is 1.89. The monoisotopic (exact) mass is 179 g/mol. The number of rotatable bonds is 3. The summed E-state index contributed by atoms with van der Waals surface area (Å²) in [6.45, 7) is 9.46. The fourth-order valence-corrected chi connectivity index (χ4v) is 0.671. The molecule has 0 aliphatic heterocycles. The van der Waals surface area contributed by atoms with Gasteiger partial charge in [-0.3, -0.25) is 0 Å². The van der Waals surface area contributed by atoms with E-state index in [1.54, 1.807) is 0 Å². The molecule has 74 valence electrons. The predicted octanol–water partition coefficient (Wildman–Crippen LogP) is 0.498. The van der Waals surface area contributed by atoms with Gasteiger partial charge in [-0.2, -0.15) is 5.84 Å². The van der Waals surface area contributed by atoms with Crippen LogP contribution in [0.15, 0.2) is 0 Å². The molecule has 0 rings (SSSR count). The van der Waals surface area contributed by atoms with Gasteiger partial charge in [0.25, 0.3) is 0 Å². The summed E-state index contributed by atoms with van der Waals surface area (Å²) >= 11 is 0. The molecule has 0 amide bonds. The summed E-state index contributed by atoms with van der Waals surface area (Å²) in [6, 6.07) is 0. The van der Waals surface area contributed by atoms with Crippen LogP contribution in [0.2, 0.25) is 0 Å². The van der Waals surface area contributed by atoms with Crippen molar-refractivity contribution in [2.45, 2.75) is 20.8 Å². The summed E-state index contributed by atoms with van der Waals surface area (Å²) in [7, 11) is 0. The Morgan fingerprint density at radius 1 is 1.17 bits per heavy atom. The second-order valence-electron chi connectivity index (χ2n) is 2.39. The minimum absolute atomic E-state index is 0.708. The van der Waals surface area contributed by atoms with Gasteiger partial charge < -0.3 is 15.3 Å². The van der Waals surface area contributed by atoms with Crippen molar-refractivity contribution < 1.29 is 9.68 Å². The van der Waals surface area contributed by atoms with Crippen molar-refractivity contribution in [1.82, 2.24) is 0 Å². The highest BCUT2D eigenvalue weighted by Gasteiger charge is 2.12. The maximum Gasteiger partial charge on any atom is 0.0931 e. The van der Waals surface area contributed by atoms with Crippen molar-refractivity contribution in [1.29, 1.82) is 0 Å². The van der Waals surface area contributed by atoms with Crippen LogP contribution in [-0.4, -0.2) is 29.3 Å². The van der Waals surface area contributed by atoms with Crippen molar-refractivity contribution in [2.75, 3.05) is 19.6 Å². The highest BCUT2D eigenvalue weighted by Crippen LogP contribution is 1.92. The molecule has 0 fully saturated rings. The van der Waals surface area contributed by atoms with Gasteiger partial charge in [0.05, 0.1) is 24.7 Å². The zero-order valence-electron chi connectivity index (χ0n) is 7.82. The summed E-state index contributed by atoms with van der Waals surface area (Å²) in [6.07, 6.45) is 0. The third kappa shape index (κ3) is 9.12. The molecule has 0 saturated heterocycles. The van der Waals surface area contributed by atoms with Crippen LogP contribution in [0.5, 0.6) is 0 Å². The maximum atomic E-state index is 8.25. The SMILES string of the molecule is CC[N+](N)(CC)CC.O=[N+]([O-])[O-]. The molecule has 0 aliphatic carbocycles. The van der Waals surface area contributed by atoms with E-state index in [-0.39, 0.29) is 0 Å². The highest BCUT2D eigenvalue weighted by atomic mass is 16.9. The average Bonchev–Trinajstić information content (AvgIpc) is 2.02. The number of hydrogen-bond acceptors (Lipinski definition) is 4. The molecular formula is C6H17N3O3. The zero-order valence-corrected chi connectivity index (χ0v) is 7.82. The normalized spacial score (nSPS) is 10.0. The topological polar surface area (TPSA) is 92.2 Å². The molecule has 0 bridgehead atoms. The van der Waals surface area contributed by atoms with Crippen LogP contribution in [0.25, 0.3) is 0 Å². The maximum absolute atomic E-state index is 8.25. The molecule has 0 aliphatic rings. The van der Waals surface area contributed by atoms with E-state index in [2.05, 4.69) is 20.8 Å². The van der Waals surface area contributed by atoms with E-state index in [1.165, 1.54) is 0 Å². The Hall–Kier alpha value is -0.880. The van der Waals surface area contributed by atoms with Crippen molar-refractivity contribution in [2.24, 2.45) is 5.84 Å². The minimum atomic E-state index is -1.75. The van der Waals surface area contributed by atoms with Crippen molar-refractivity contribution >= 4 is 0 Å². The first-order valence-electron chi connectivity index (χ1n) is 3.88. The van der Waals surface area contributed by atoms with Crippen LogP contribution in [-0.2, 0) is 0 Å². The van der Waals surface area contributed by atoms with Gasteiger partial charge in [0, 0.05) is 0 Å². The van der Waals surface area contributed by atoms with Gasteiger partial charge in [-0.25, -0.2) is 4.59 Å². The van der Waals surface area contributed by atoms with Crippen LogP contribution in [0.1, 0.15) is 20.8 Å². The van der Waals surface area contributed by atoms with Crippen molar-refractivity contribution in [3.63, 3.8) is 0 Å². The first-order chi connectivity index (χ1) is 5.41. The van der Waals surface area contributed by atoms with Gasteiger partial charge >= 0.3 is 0 Å². The van der Waals surface area contributed by atoms with Gasteiger partial charge in [0.1, 0.15) is 0 Å². The van der Waals surface area contributed by atoms with E-state index in [4.69, 9.17) is 21.2 Å². The van der Waals surface area contributed by atoms with Crippen LogP contribution in [0.4, 0.5) is 0 Å². The Bertz CT molecular complexity index is 113. The summed E-state index contributed by atoms with van der Waals surface area (Å²) in [5.74, 6) is 5.83. The lowest BCUT2D eigenvalue weighted by Gasteiger charge is -2.28. The Labute approximate surface area is 72.3 Å². The molecule has 0 atom stereocenters. The highest BCUT2D eigenvalue weighted by molar-refractivity contribution is 4.22.